The minimum Gasteiger partial charge on any atom is -0.393 e. The number of carbonyl (C=O) groups is 1. The Balaban J connectivity index is 1.68. The van der Waals surface area contributed by atoms with Crippen LogP contribution >= 0.6 is 0 Å². The monoisotopic (exact) mass is 348 g/mol. The van der Waals surface area contributed by atoms with E-state index in [4.69, 9.17) is 0 Å². The second kappa shape index (κ2) is 5.90. The van der Waals surface area contributed by atoms with Crippen LogP contribution < -0.4 is 0 Å². The first-order chi connectivity index (χ1) is 11.8. The van der Waals surface area contributed by atoms with Crippen LogP contribution in [0.2, 0.25) is 0 Å². The maximum atomic E-state index is 13.7. The molecule has 0 aliphatic heterocycles. The van der Waals surface area contributed by atoms with Crippen molar-refractivity contribution in [3.8, 4) is 0 Å². The van der Waals surface area contributed by atoms with Gasteiger partial charge in [0.25, 0.3) is 0 Å². The minimum absolute atomic E-state index is 0.0142. The predicted octanol–water partition coefficient (Wildman–Crippen LogP) is 4.71. The first-order valence-electron chi connectivity index (χ1n) is 10.2. The van der Waals surface area contributed by atoms with Gasteiger partial charge >= 0.3 is 0 Å². The van der Waals surface area contributed by atoms with Gasteiger partial charge in [-0.05, 0) is 86.4 Å². The van der Waals surface area contributed by atoms with Gasteiger partial charge in [-0.25, -0.2) is 0 Å². The van der Waals surface area contributed by atoms with Crippen molar-refractivity contribution in [2.75, 3.05) is 6.67 Å². The van der Waals surface area contributed by atoms with E-state index in [2.05, 4.69) is 19.9 Å². The van der Waals surface area contributed by atoms with E-state index in [-0.39, 0.29) is 41.2 Å². The van der Waals surface area contributed by atoms with Gasteiger partial charge in [-0.15, -0.1) is 0 Å². The maximum Gasteiger partial charge on any atom is 0.133 e. The van der Waals surface area contributed by atoms with Gasteiger partial charge in [0, 0.05) is 5.92 Å². The number of Topliss-reactive ketones (excluding diaryl/α,β-unsaturated/α-hetero) is 1. The third-order valence-corrected chi connectivity index (χ3v) is 8.89. The zero-order valence-electron chi connectivity index (χ0n) is 15.9. The summed E-state index contributed by atoms with van der Waals surface area (Å²) in [6.07, 6.45) is 9.22. The molecule has 25 heavy (non-hydrogen) atoms. The fraction of sp³-hybridized carbons (Fsp3) is 0.864. The van der Waals surface area contributed by atoms with E-state index >= 15 is 0 Å². The molecule has 3 saturated carbocycles. The van der Waals surface area contributed by atoms with Gasteiger partial charge < -0.3 is 5.11 Å². The molecule has 2 nitrogen and oxygen atoms in total. The SMILES string of the molecule is CC(=O)[C@H]1[C@H](CF)C[C@H]2[C@@H]3CC=C4C[C@@H](O)CC[C@]4(C)[C@H]3CC[C@@]21C. The Morgan fingerprint density at radius 2 is 2.04 bits per heavy atom. The van der Waals surface area contributed by atoms with Crippen LogP contribution in [0, 0.1) is 40.4 Å². The van der Waals surface area contributed by atoms with Crippen LogP contribution in [0.15, 0.2) is 11.6 Å². The van der Waals surface area contributed by atoms with E-state index in [0.717, 1.165) is 44.9 Å². The molecule has 0 heterocycles. The summed E-state index contributed by atoms with van der Waals surface area (Å²) in [5.74, 6) is 1.74. The van der Waals surface area contributed by atoms with Crippen molar-refractivity contribution in [2.24, 2.45) is 40.4 Å². The Kier molecular flexibility index (Phi) is 4.18. The summed E-state index contributed by atoms with van der Waals surface area (Å²) in [5.41, 5.74) is 1.67. The average molecular weight is 349 g/mol. The van der Waals surface area contributed by atoms with Crippen LogP contribution in [-0.4, -0.2) is 23.7 Å². The van der Waals surface area contributed by atoms with E-state index < -0.39 is 0 Å². The normalized spacial score (nSPS) is 52.0. The second-order valence-electron chi connectivity index (χ2n) is 9.94. The number of aliphatic hydroxyl groups excluding tert-OH is 1. The van der Waals surface area contributed by atoms with Gasteiger partial charge in [-0.3, -0.25) is 9.18 Å². The number of alkyl halides is 1. The molecule has 0 radical (unpaired) electrons. The van der Waals surface area contributed by atoms with E-state index in [0.29, 0.717) is 17.8 Å². The van der Waals surface area contributed by atoms with Crippen molar-refractivity contribution >= 4 is 5.78 Å². The van der Waals surface area contributed by atoms with Gasteiger partial charge in [0.05, 0.1) is 12.8 Å². The molecule has 0 aromatic heterocycles. The molecule has 4 aliphatic carbocycles. The number of rotatable bonds is 2. The van der Waals surface area contributed by atoms with Crippen molar-refractivity contribution in [2.45, 2.75) is 71.8 Å². The molecule has 0 bridgehead atoms. The summed E-state index contributed by atoms with van der Waals surface area (Å²) in [5, 5.41) is 10.1. The Hall–Kier alpha value is -0.700. The molecular formula is C22H33FO2. The average Bonchev–Trinajstić information content (AvgIpc) is 2.88. The van der Waals surface area contributed by atoms with Crippen LogP contribution in [0.1, 0.15) is 65.7 Å². The third kappa shape index (κ3) is 2.40. The molecule has 140 valence electrons. The highest BCUT2D eigenvalue weighted by atomic mass is 19.1. The number of aliphatic hydroxyl groups is 1. The summed E-state index contributed by atoms with van der Waals surface area (Å²) in [6.45, 7) is 6.02. The Bertz CT molecular complexity index is 599. The molecule has 0 aromatic carbocycles. The third-order valence-electron chi connectivity index (χ3n) is 8.89. The van der Waals surface area contributed by atoms with E-state index in [9.17, 15) is 14.3 Å². The largest absolute Gasteiger partial charge is 0.393 e. The van der Waals surface area contributed by atoms with Crippen LogP contribution in [0.3, 0.4) is 0 Å². The molecule has 3 heteroatoms. The molecule has 1 N–H and O–H groups in total. The molecule has 4 aliphatic rings. The molecule has 8 atom stereocenters. The van der Waals surface area contributed by atoms with E-state index in [1.165, 1.54) is 5.57 Å². The molecule has 3 fully saturated rings. The van der Waals surface area contributed by atoms with Gasteiger partial charge in [-0.1, -0.05) is 25.5 Å². The fourth-order valence-corrected chi connectivity index (χ4v) is 7.77. The fourth-order valence-electron chi connectivity index (χ4n) is 7.77. The number of hydrogen-bond donors (Lipinski definition) is 1. The van der Waals surface area contributed by atoms with Crippen LogP contribution in [0.4, 0.5) is 4.39 Å². The van der Waals surface area contributed by atoms with Gasteiger partial charge in [-0.2, -0.15) is 0 Å². The number of fused-ring (bicyclic) bond motifs is 5. The van der Waals surface area contributed by atoms with Gasteiger partial charge in [0.1, 0.15) is 5.78 Å². The summed E-state index contributed by atoms with van der Waals surface area (Å²) >= 11 is 0. The van der Waals surface area contributed by atoms with Crippen molar-refractivity contribution < 1.29 is 14.3 Å². The van der Waals surface area contributed by atoms with E-state index in [1.807, 2.05) is 0 Å². The lowest BCUT2D eigenvalue weighted by Gasteiger charge is -2.57. The molecule has 0 aromatic rings. The molecule has 4 rings (SSSR count). The first kappa shape index (κ1) is 17.7. The van der Waals surface area contributed by atoms with Crippen molar-refractivity contribution in [1.82, 2.24) is 0 Å². The Morgan fingerprint density at radius 1 is 1.28 bits per heavy atom. The highest BCUT2D eigenvalue weighted by Gasteiger charge is 2.61. The predicted molar refractivity (Wildman–Crippen MR) is 96.7 cm³/mol. The second-order valence-corrected chi connectivity index (χ2v) is 9.94. The minimum atomic E-state index is -0.349. The van der Waals surface area contributed by atoms with Gasteiger partial charge in [0.15, 0.2) is 0 Å². The lowest BCUT2D eigenvalue weighted by Crippen LogP contribution is -2.51. The van der Waals surface area contributed by atoms with Crippen LogP contribution in [0.5, 0.6) is 0 Å². The number of allylic oxidation sites excluding steroid dienone is 1. The molecular weight excluding hydrogens is 315 g/mol. The number of hydrogen-bond acceptors (Lipinski definition) is 2. The Labute approximate surface area is 151 Å². The lowest BCUT2D eigenvalue weighted by atomic mass is 9.47. The number of carbonyl (C=O) groups excluding carboxylic acids is 1. The van der Waals surface area contributed by atoms with Crippen molar-refractivity contribution in [3.05, 3.63) is 11.6 Å². The van der Waals surface area contributed by atoms with Crippen molar-refractivity contribution in [1.29, 1.82) is 0 Å². The summed E-state index contributed by atoms with van der Waals surface area (Å²) in [6, 6.07) is 0. The summed E-state index contributed by atoms with van der Waals surface area (Å²) in [4.78, 5) is 12.4. The summed E-state index contributed by atoms with van der Waals surface area (Å²) in [7, 11) is 0. The molecule has 0 spiro atoms. The lowest BCUT2D eigenvalue weighted by molar-refractivity contribution is -0.129. The number of ketones is 1. The molecule has 0 amide bonds. The van der Waals surface area contributed by atoms with Gasteiger partial charge in [0.2, 0.25) is 0 Å². The number of halogens is 1. The Morgan fingerprint density at radius 3 is 2.72 bits per heavy atom. The maximum absolute atomic E-state index is 13.7. The standard InChI is InChI=1S/C22H33FO2/c1-13(24)20-14(12-23)10-19-17-5-4-15-11-16(25)6-8-21(15,2)18(17)7-9-22(19,20)3/h4,14,16-20,25H,5-12H2,1-3H3/t14-,16-,17+,18-,19-,20-,21-,22-/m0/s1. The molecule has 0 unspecified atom stereocenters. The van der Waals surface area contributed by atoms with Crippen molar-refractivity contribution in [3.63, 3.8) is 0 Å². The highest BCUT2D eigenvalue weighted by Crippen LogP contribution is 2.67. The quantitative estimate of drug-likeness (QED) is 0.734. The summed E-state index contributed by atoms with van der Waals surface area (Å²) < 4.78 is 13.7. The highest BCUT2D eigenvalue weighted by molar-refractivity contribution is 5.80. The van der Waals surface area contributed by atoms with Crippen LogP contribution in [-0.2, 0) is 4.79 Å². The zero-order chi connectivity index (χ0) is 18.0. The topological polar surface area (TPSA) is 37.3 Å². The van der Waals surface area contributed by atoms with E-state index in [1.54, 1.807) is 6.92 Å². The molecule has 0 saturated heterocycles. The zero-order valence-corrected chi connectivity index (χ0v) is 15.9. The first-order valence-corrected chi connectivity index (χ1v) is 10.2. The smallest absolute Gasteiger partial charge is 0.133 e. The van der Waals surface area contributed by atoms with Crippen LogP contribution in [0.25, 0.3) is 0 Å².